The van der Waals surface area contributed by atoms with Crippen LogP contribution in [0.4, 0.5) is 0 Å². The molecule has 0 radical (unpaired) electrons. The topological polar surface area (TPSA) is 58.2 Å². The second-order valence-electron chi connectivity index (χ2n) is 6.63. The van der Waals surface area contributed by atoms with E-state index < -0.39 is 0 Å². The van der Waals surface area contributed by atoms with Crippen molar-refractivity contribution in [1.82, 2.24) is 10.6 Å². The summed E-state index contributed by atoms with van der Waals surface area (Å²) in [6.45, 7) is 4.37. The molecule has 2 amide bonds. The van der Waals surface area contributed by atoms with Gasteiger partial charge < -0.3 is 10.6 Å². The van der Waals surface area contributed by atoms with Crippen molar-refractivity contribution in [2.45, 2.75) is 45.6 Å². The highest BCUT2D eigenvalue weighted by atomic mass is 35.5. The molecular formula is C18H25ClN2O2. The number of hydrogen-bond acceptors (Lipinski definition) is 2. The third-order valence-electron chi connectivity index (χ3n) is 4.01. The molecular weight excluding hydrogens is 312 g/mol. The van der Waals surface area contributed by atoms with Gasteiger partial charge in [0.05, 0.1) is 12.6 Å². The number of benzene rings is 1. The third-order valence-corrected chi connectivity index (χ3v) is 4.26. The van der Waals surface area contributed by atoms with E-state index in [4.69, 9.17) is 11.6 Å². The first-order valence-corrected chi connectivity index (χ1v) is 8.66. The lowest BCUT2D eigenvalue weighted by Gasteiger charge is -2.20. The molecule has 1 aromatic carbocycles. The molecule has 2 rings (SSSR count). The van der Waals surface area contributed by atoms with Crippen LogP contribution >= 0.6 is 11.6 Å². The maximum atomic E-state index is 12.1. The minimum Gasteiger partial charge on any atom is -0.348 e. The van der Waals surface area contributed by atoms with Crippen LogP contribution in [0.3, 0.4) is 0 Å². The van der Waals surface area contributed by atoms with E-state index in [9.17, 15) is 9.59 Å². The van der Waals surface area contributed by atoms with Crippen LogP contribution in [0.2, 0.25) is 5.02 Å². The van der Waals surface area contributed by atoms with E-state index in [-0.39, 0.29) is 30.3 Å². The van der Waals surface area contributed by atoms with Gasteiger partial charge in [0.2, 0.25) is 11.8 Å². The van der Waals surface area contributed by atoms with Gasteiger partial charge in [-0.15, -0.1) is 0 Å². The number of hydrogen-bond donors (Lipinski definition) is 2. The maximum absolute atomic E-state index is 12.1. The Kier molecular flexibility index (Phi) is 6.46. The lowest BCUT2D eigenvalue weighted by molar-refractivity contribution is -0.127. The van der Waals surface area contributed by atoms with Crippen molar-refractivity contribution in [3.8, 4) is 0 Å². The zero-order valence-electron chi connectivity index (χ0n) is 13.8. The van der Waals surface area contributed by atoms with Crippen molar-refractivity contribution in [2.24, 2.45) is 11.8 Å². The molecule has 1 atom stereocenters. The van der Waals surface area contributed by atoms with Gasteiger partial charge in [-0.05, 0) is 49.3 Å². The van der Waals surface area contributed by atoms with Gasteiger partial charge in [0, 0.05) is 10.9 Å². The molecule has 0 aromatic heterocycles. The summed E-state index contributed by atoms with van der Waals surface area (Å²) in [5, 5.41) is 6.41. The summed E-state index contributed by atoms with van der Waals surface area (Å²) in [5.74, 6) is 0.528. The molecule has 1 aliphatic carbocycles. The lowest BCUT2D eigenvalue weighted by atomic mass is 9.97. The van der Waals surface area contributed by atoms with Crippen LogP contribution in [0.1, 0.15) is 51.1 Å². The second-order valence-corrected chi connectivity index (χ2v) is 7.07. The van der Waals surface area contributed by atoms with Crippen molar-refractivity contribution < 1.29 is 9.59 Å². The Labute approximate surface area is 143 Å². The Bertz CT molecular complexity index is 538. The van der Waals surface area contributed by atoms with Crippen molar-refractivity contribution >= 4 is 23.4 Å². The van der Waals surface area contributed by atoms with Crippen molar-refractivity contribution in [1.29, 1.82) is 0 Å². The number of halogens is 1. The summed E-state index contributed by atoms with van der Waals surface area (Å²) in [7, 11) is 0. The van der Waals surface area contributed by atoms with Gasteiger partial charge in [0.15, 0.2) is 0 Å². The molecule has 4 nitrogen and oxygen atoms in total. The molecule has 0 unspecified atom stereocenters. The van der Waals surface area contributed by atoms with Crippen molar-refractivity contribution in [3.05, 3.63) is 34.9 Å². The molecule has 5 heteroatoms. The quantitative estimate of drug-likeness (QED) is 0.763. The zero-order chi connectivity index (χ0) is 16.8. The summed E-state index contributed by atoms with van der Waals surface area (Å²) in [6.07, 6.45) is 3.76. The average Bonchev–Trinajstić information content (AvgIpc) is 3.34. The molecule has 0 spiro atoms. The van der Waals surface area contributed by atoms with E-state index in [1.807, 2.05) is 24.3 Å². The maximum Gasteiger partial charge on any atom is 0.239 e. The van der Waals surface area contributed by atoms with E-state index in [0.29, 0.717) is 10.9 Å². The fourth-order valence-electron chi connectivity index (χ4n) is 2.42. The monoisotopic (exact) mass is 336 g/mol. The number of amides is 2. The number of nitrogens with one attached hydrogen (secondary N) is 2. The van der Waals surface area contributed by atoms with Crippen LogP contribution in [-0.2, 0) is 9.59 Å². The predicted molar refractivity (Wildman–Crippen MR) is 92.1 cm³/mol. The summed E-state index contributed by atoms with van der Waals surface area (Å²) >= 11 is 5.93. The number of carbonyl (C=O) groups is 2. The molecule has 1 fully saturated rings. The fraction of sp³-hybridized carbons (Fsp3) is 0.556. The normalized spacial score (nSPS) is 15.3. The van der Waals surface area contributed by atoms with Crippen molar-refractivity contribution in [2.75, 3.05) is 6.54 Å². The largest absolute Gasteiger partial charge is 0.348 e. The van der Waals surface area contributed by atoms with E-state index in [1.165, 1.54) is 0 Å². The first-order valence-electron chi connectivity index (χ1n) is 8.28. The van der Waals surface area contributed by atoms with Gasteiger partial charge in [-0.2, -0.15) is 0 Å². The molecule has 0 saturated heterocycles. The first kappa shape index (κ1) is 17.8. The van der Waals surface area contributed by atoms with Crippen molar-refractivity contribution in [3.63, 3.8) is 0 Å². The van der Waals surface area contributed by atoms with E-state index in [1.54, 1.807) is 0 Å². The van der Waals surface area contributed by atoms with Crippen LogP contribution in [-0.4, -0.2) is 18.4 Å². The van der Waals surface area contributed by atoms with Crippen LogP contribution in [0.5, 0.6) is 0 Å². The molecule has 23 heavy (non-hydrogen) atoms. The first-order chi connectivity index (χ1) is 11.0. The van der Waals surface area contributed by atoms with Gasteiger partial charge in [-0.3, -0.25) is 9.59 Å². The van der Waals surface area contributed by atoms with Crippen LogP contribution < -0.4 is 10.6 Å². The highest BCUT2D eigenvalue weighted by Crippen LogP contribution is 2.28. The summed E-state index contributed by atoms with van der Waals surface area (Å²) in [4.78, 5) is 23.7. The highest BCUT2D eigenvalue weighted by Gasteiger charge is 2.29. The summed E-state index contributed by atoms with van der Waals surface area (Å²) in [5.41, 5.74) is 1.04. The van der Waals surface area contributed by atoms with Crippen LogP contribution in [0, 0.1) is 11.8 Å². The van der Waals surface area contributed by atoms with Gasteiger partial charge in [-0.1, -0.05) is 37.6 Å². The molecule has 1 aromatic rings. The van der Waals surface area contributed by atoms with E-state index >= 15 is 0 Å². The van der Waals surface area contributed by atoms with Gasteiger partial charge in [0.1, 0.15) is 0 Å². The molecule has 0 aliphatic heterocycles. The van der Waals surface area contributed by atoms with Crippen LogP contribution in [0.15, 0.2) is 24.3 Å². The molecule has 2 N–H and O–H groups in total. The Morgan fingerprint density at radius 2 is 1.83 bits per heavy atom. The molecule has 126 valence electrons. The molecule has 1 aliphatic rings. The van der Waals surface area contributed by atoms with Gasteiger partial charge >= 0.3 is 0 Å². The summed E-state index contributed by atoms with van der Waals surface area (Å²) < 4.78 is 0. The second kappa shape index (κ2) is 8.34. The van der Waals surface area contributed by atoms with Gasteiger partial charge in [-0.25, -0.2) is 0 Å². The Balaban J connectivity index is 1.91. The predicted octanol–water partition coefficient (Wildman–Crippen LogP) is 3.46. The standard InChI is InChI=1S/C18H25ClN2O2/c1-12(2)3-10-16(13-6-8-15(19)9-7-13)21-17(22)11-20-18(23)14-4-5-14/h6-9,12,14,16H,3-5,10-11H2,1-2H3,(H,20,23)(H,21,22)/t16-/m1/s1. The van der Waals surface area contributed by atoms with E-state index in [0.717, 1.165) is 31.2 Å². The molecule has 0 heterocycles. The average molecular weight is 337 g/mol. The zero-order valence-corrected chi connectivity index (χ0v) is 14.5. The SMILES string of the molecule is CC(C)CC[C@@H](NC(=O)CNC(=O)C1CC1)c1ccc(Cl)cc1. The van der Waals surface area contributed by atoms with Crippen LogP contribution in [0.25, 0.3) is 0 Å². The smallest absolute Gasteiger partial charge is 0.239 e. The minimum absolute atomic E-state index is 0.00891. The van der Waals surface area contributed by atoms with Gasteiger partial charge in [0.25, 0.3) is 0 Å². The van der Waals surface area contributed by atoms with E-state index in [2.05, 4.69) is 24.5 Å². The minimum atomic E-state index is -0.150. The molecule has 1 saturated carbocycles. The highest BCUT2D eigenvalue weighted by molar-refractivity contribution is 6.30. The Morgan fingerprint density at radius 1 is 1.17 bits per heavy atom. The Morgan fingerprint density at radius 3 is 2.39 bits per heavy atom. The number of carbonyl (C=O) groups excluding carboxylic acids is 2. The number of rotatable bonds is 8. The summed E-state index contributed by atoms with van der Waals surface area (Å²) in [6, 6.07) is 7.49. The lowest BCUT2D eigenvalue weighted by Crippen LogP contribution is -2.39. The Hall–Kier alpha value is -1.55. The fourth-order valence-corrected chi connectivity index (χ4v) is 2.55. The third kappa shape index (κ3) is 6.22. The molecule has 0 bridgehead atoms.